The van der Waals surface area contributed by atoms with Crippen LogP contribution in [-0.2, 0) is 0 Å². The summed E-state index contributed by atoms with van der Waals surface area (Å²) in [5.74, 6) is 0. The van der Waals surface area contributed by atoms with Gasteiger partial charge in [-0.25, -0.2) is 0 Å². The second-order valence-electron chi connectivity index (χ2n) is 10.1. The summed E-state index contributed by atoms with van der Waals surface area (Å²) in [4.78, 5) is 1.59. The minimum Gasteiger partial charge on any atom is -0.852 e. The van der Waals surface area contributed by atoms with Crippen molar-refractivity contribution in [2.75, 3.05) is 40.3 Å². The lowest BCUT2D eigenvalue weighted by molar-refractivity contribution is -0.890. The third-order valence-corrected chi connectivity index (χ3v) is 6.51. The molecule has 212 valence electrons. The molecule has 0 saturated carbocycles. The summed E-state index contributed by atoms with van der Waals surface area (Å²) in [5.41, 5.74) is 4.40. The number of nitrogens with two attached hydrogens (primary N) is 1. The number of thiocarbonyl (C=S) groups is 2. The highest BCUT2D eigenvalue weighted by Crippen LogP contribution is 2.13. The third-order valence-electron chi connectivity index (χ3n) is 6.26. The van der Waals surface area contributed by atoms with Gasteiger partial charge < -0.3 is 25.3 Å². The Bertz CT molecular complexity index is 433. The Kier molecular flexibility index (Phi) is 32.8. The molecule has 0 saturated heterocycles. The maximum absolute atomic E-state index is 10.3. The lowest BCUT2D eigenvalue weighted by Gasteiger charge is -2.30. The second kappa shape index (κ2) is 29.6. The van der Waals surface area contributed by atoms with Crippen molar-refractivity contribution < 1.29 is 14.7 Å². The van der Waals surface area contributed by atoms with E-state index in [9.17, 15) is 5.11 Å². The molecule has 3 N–H and O–H groups in total. The Labute approximate surface area is 230 Å². The number of hydrogen-bond donors (Lipinski definition) is 2. The van der Waals surface area contributed by atoms with Gasteiger partial charge in [0.2, 0.25) is 0 Å². The smallest absolute Gasteiger partial charge is 0.251 e. The molecule has 0 aliphatic carbocycles. The van der Waals surface area contributed by atoms with Gasteiger partial charge in [0.25, 0.3) is 5.17 Å². The molecule has 0 amide bonds. The van der Waals surface area contributed by atoms with Gasteiger partial charge in [0.05, 0.1) is 27.2 Å². The first-order valence-electron chi connectivity index (χ1n) is 14.3. The summed E-state index contributed by atoms with van der Waals surface area (Å²) in [6.07, 6.45) is 23.0. The van der Waals surface area contributed by atoms with Crippen LogP contribution in [0.25, 0.3) is 0 Å². The average molecular weight is 536 g/mol. The SMILES string of the molecule is CCCCCCCCCC[N+](C)(C)CCCCCCCCCC.CCN(CC)C([O-])=S.NC(O)=S. The molecule has 0 fully saturated rings. The minimum absolute atomic E-state index is 0.255. The van der Waals surface area contributed by atoms with Crippen LogP contribution < -0.4 is 10.8 Å². The van der Waals surface area contributed by atoms with Crippen molar-refractivity contribution in [3.05, 3.63) is 0 Å². The monoisotopic (exact) mass is 535 g/mol. The van der Waals surface area contributed by atoms with Crippen molar-refractivity contribution in [1.82, 2.24) is 4.90 Å². The van der Waals surface area contributed by atoms with E-state index < -0.39 is 5.17 Å². The number of aliphatic hydroxyl groups is 1. The fraction of sp³-hybridized carbons (Fsp3) is 0.929. The van der Waals surface area contributed by atoms with E-state index in [1.54, 1.807) is 4.90 Å². The van der Waals surface area contributed by atoms with Gasteiger partial charge in [-0.05, 0) is 51.7 Å². The molecule has 35 heavy (non-hydrogen) atoms. The van der Waals surface area contributed by atoms with Crippen LogP contribution in [0.3, 0.4) is 0 Å². The van der Waals surface area contributed by atoms with Crippen molar-refractivity contribution >= 4 is 34.8 Å². The molecule has 0 radical (unpaired) electrons. The summed E-state index contributed by atoms with van der Waals surface area (Å²) < 4.78 is 1.24. The average Bonchev–Trinajstić information content (AvgIpc) is 2.78. The van der Waals surface area contributed by atoms with Crippen LogP contribution in [-0.4, -0.2) is 65.1 Å². The van der Waals surface area contributed by atoms with Crippen LogP contribution in [0.1, 0.15) is 130 Å². The van der Waals surface area contributed by atoms with Crippen molar-refractivity contribution in [2.24, 2.45) is 5.73 Å². The minimum atomic E-state index is -0.500. The van der Waals surface area contributed by atoms with Gasteiger partial charge in [0.15, 0.2) is 0 Å². The fourth-order valence-corrected chi connectivity index (χ4v) is 4.20. The normalized spacial score (nSPS) is 10.6. The molecule has 5 nitrogen and oxygen atoms in total. The lowest BCUT2D eigenvalue weighted by atomic mass is 10.1. The molecule has 0 atom stereocenters. The van der Waals surface area contributed by atoms with E-state index in [-0.39, 0.29) is 5.17 Å². The molecular formula is C28H61N3O2S2. The Balaban J connectivity index is -0.000000701. The Morgan fingerprint density at radius 3 is 1.11 bits per heavy atom. The van der Waals surface area contributed by atoms with Gasteiger partial charge in [0.1, 0.15) is 0 Å². The molecule has 7 heteroatoms. The number of aliphatic hydroxyl groups excluding tert-OH is 1. The predicted octanol–water partition coefficient (Wildman–Crippen LogP) is 7.11. The molecule has 0 aliphatic rings. The largest absolute Gasteiger partial charge is 0.852 e. The number of quaternary nitrogens is 1. The number of nitrogens with zero attached hydrogens (tertiary/aromatic N) is 2. The van der Waals surface area contributed by atoms with E-state index in [1.165, 1.54) is 120 Å². The van der Waals surface area contributed by atoms with Crippen LogP contribution in [0.15, 0.2) is 0 Å². The molecule has 0 bridgehead atoms. The predicted molar refractivity (Wildman–Crippen MR) is 162 cm³/mol. The van der Waals surface area contributed by atoms with E-state index in [1.807, 2.05) is 13.8 Å². The standard InChI is InChI=1S/C22H48N.C5H11NOS.CH3NOS/c1-5-7-9-11-13-15-17-19-21-23(3,4)22-20-18-16-14-12-10-8-6-2;1-3-6(4-2)5(7)8;2-1(3)4/h5-22H2,1-4H3;3-4H2,1-2H3,(H,7,8);(H3,2,3,4)/q+1;;/p-1. The van der Waals surface area contributed by atoms with Crippen molar-refractivity contribution in [3.63, 3.8) is 0 Å². The topological polar surface area (TPSA) is 72.5 Å². The van der Waals surface area contributed by atoms with E-state index in [0.29, 0.717) is 0 Å². The first-order valence-corrected chi connectivity index (χ1v) is 15.2. The number of hydrogen-bond acceptors (Lipinski definition) is 3. The van der Waals surface area contributed by atoms with Crippen molar-refractivity contribution in [1.29, 1.82) is 0 Å². The third kappa shape index (κ3) is 38.0. The van der Waals surface area contributed by atoms with Crippen molar-refractivity contribution in [3.8, 4) is 0 Å². The molecule has 0 aromatic heterocycles. The van der Waals surface area contributed by atoms with Gasteiger partial charge in [-0.15, -0.1) is 0 Å². The van der Waals surface area contributed by atoms with Crippen LogP contribution in [0.4, 0.5) is 0 Å². The zero-order valence-electron chi connectivity index (χ0n) is 24.3. The van der Waals surface area contributed by atoms with E-state index in [2.05, 4.69) is 58.1 Å². The highest BCUT2D eigenvalue weighted by atomic mass is 32.1. The zero-order valence-corrected chi connectivity index (χ0v) is 25.9. The Morgan fingerprint density at radius 1 is 0.657 bits per heavy atom. The maximum Gasteiger partial charge on any atom is 0.251 e. The van der Waals surface area contributed by atoms with E-state index in [0.717, 1.165) is 13.1 Å². The molecule has 0 aromatic rings. The van der Waals surface area contributed by atoms with Crippen molar-refractivity contribution in [2.45, 2.75) is 130 Å². The van der Waals surface area contributed by atoms with Gasteiger partial charge in [-0.1, -0.05) is 103 Å². The summed E-state index contributed by atoms with van der Waals surface area (Å²) in [6.45, 7) is 12.6. The zero-order chi connectivity index (χ0) is 27.4. The molecule has 0 aromatic carbocycles. The van der Waals surface area contributed by atoms with Crippen LogP contribution >= 0.6 is 24.4 Å². The highest BCUT2D eigenvalue weighted by molar-refractivity contribution is 7.80. The lowest BCUT2D eigenvalue weighted by Crippen LogP contribution is -2.41. The first-order chi connectivity index (χ1) is 16.6. The Morgan fingerprint density at radius 2 is 0.914 bits per heavy atom. The first kappa shape index (κ1) is 38.9. The maximum atomic E-state index is 10.3. The summed E-state index contributed by atoms with van der Waals surface area (Å²) in [7, 11) is 4.87. The number of unbranched alkanes of at least 4 members (excludes halogenated alkanes) is 14. The van der Waals surface area contributed by atoms with Crippen LogP contribution in [0, 0.1) is 0 Å². The molecular weight excluding hydrogens is 474 g/mol. The number of rotatable bonds is 20. The summed E-state index contributed by atoms with van der Waals surface area (Å²) in [5, 5.41) is 17.2. The van der Waals surface area contributed by atoms with Gasteiger partial charge in [-0.3, -0.25) is 0 Å². The van der Waals surface area contributed by atoms with Gasteiger partial charge in [-0.2, -0.15) is 0 Å². The molecule has 0 heterocycles. The molecule has 0 spiro atoms. The van der Waals surface area contributed by atoms with E-state index >= 15 is 0 Å². The molecule has 0 aliphatic heterocycles. The van der Waals surface area contributed by atoms with E-state index in [4.69, 9.17) is 5.11 Å². The van der Waals surface area contributed by atoms with Crippen LogP contribution in [0.5, 0.6) is 0 Å². The summed E-state index contributed by atoms with van der Waals surface area (Å²) >= 11 is 8.26. The van der Waals surface area contributed by atoms with Crippen LogP contribution in [0.2, 0.25) is 0 Å². The summed E-state index contributed by atoms with van der Waals surface area (Å²) in [6, 6.07) is 0. The van der Waals surface area contributed by atoms with Gasteiger partial charge in [0, 0.05) is 18.3 Å². The second-order valence-corrected chi connectivity index (χ2v) is 10.9. The Hall–Kier alpha value is -0.660. The highest BCUT2D eigenvalue weighted by Gasteiger charge is 2.13. The molecule has 0 rings (SSSR count). The van der Waals surface area contributed by atoms with Gasteiger partial charge >= 0.3 is 0 Å². The molecule has 0 unspecified atom stereocenters. The quantitative estimate of drug-likeness (QED) is 0.0983. The fourth-order valence-electron chi connectivity index (χ4n) is 3.94.